The number of aryl methyl sites for hydroxylation is 1. The minimum atomic E-state index is -4.18. The van der Waals surface area contributed by atoms with Crippen molar-refractivity contribution in [3.63, 3.8) is 0 Å². The molecule has 0 amide bonds. The summed E-state index contributed by atoms with van der Waals surface area (Å²) in [6, 6.07) is 9.84. The highest BCUT2D eigenvalue weighted by Gasteiger charge is 2.26. The van der Waals surface area contributed by atoms with Gasteiger partial charge in [0.2, 0.25) is 0 Å². The number of alkyl halides is 3. The first kappa shape index (κ1) is 18.3. The van der Waals surface area contributed by atoms with Crippen LogP contribution in [-0.2, 0) is 6.54 Å². The third-order valence-electron chi connectivity index (χ3n) is 3.25. The maximum Gasteiger partial charge on any atom is 0.390 e. The summed E-state index contributed by atoms with van der Waals surface area (Å²) in [5, 5.41) is 6.60. The van der Waals surface area contributed by atoms with Gasteiger partial charge in [-0.05, 0) is 6.92 Å². The SMILES string of the molecule is CN=C(NCCC(F)(F)F)NCc1sc(-c2ccccc2)nc1C. The van der Waals surface area contributed by atoms with Crippen molar-refractivity contribution in [2.75, 3.05) is 13.6 Å². The van der Waals surface area contributed by atoms with Gasteiger partial charge in [0.05, 0.1) is 18.7 Å². The molecule has 0 aliphatic carbocycles. The molecule has 0 aliphatic rings. The Hall–Kier alpha value is -2.09. The highest BCUT2D eigenvalue weighted by Crippen LogP contribution is 2.27. The number of benzene rings is 1. The molecule has 0 fully saturated rings. The maximum atomic E-state index is 12.2. The number of aliphatic imine (C=N–C) groups is 1. The summed E-state index contributed by atoms with van der Waals surface area (Å²) < 4.78 is 36.5. The number of hydrogen-bond acceptors (Lipinski definition) is 3. The fraction of sp³-hybridized carbons (Fsp3) is 0.375. The van der Waals surface area contributed by atoms with Gasteiger partial charge in [0, 0.05) is 24.0 Å². The van der Waals surface area contributed by atoms with E-state index in [2.05, 4.69) is 20.6 Å². The molecule has 0 aliphatic heterocycles. The Balaban J connectivity index is 1.93. The Morgan fingerprint density at radius 1 is 1.21 bits per heavy atom. The molecule has 1 heterocycles. The van der Waals surface area contributed by atoms with Crippen LogP contribution in [0.15, 0.2) is 35.3 Å². The van der Waals surface area contributed by atoms with Gasteiger partial charge in [-0.3, -0.25) is 4.99 Å². The van der Waals surface area contributed by atoms with Crippen LogP contribution >= 0.6 is 11.3 Å². The second kappa shape index (κ2) is 8.14. The Bertz CT molecular complexity index is 680. The largest absolute Gasteiger partial charge is 0.390 e. The van der Waals surface area contributed by atoms with Gasteiger partial charge in [0.1, 0.15) is 5.01 Å². The lowest BCUT2D eigenvalue weighted by molar-refractivity contribution is -0.132. The lowest BCUT2D eigenvalue weighted by Crippen LogP contribution is -2.38. The number of thiazole rings is 1. The number of nitrogens with zero attached hydrogens (tertiary/aromatic N) is 2. The Morgan fingerprint density at radius 2 is 1.92 bits per heavy atom. The van der Waals surface area contributed by atoms with Crippen molar-refractivity contribution in [3.8, 4) is 10.6 Å². The lowest BCUT2D eigenvalue weighted by atomic mass is 10.2. The number of aromatic nitrogens is 1. The van der Waals surface area contributed by atoms with Crippen LogP contribution in [0.2, 0.25) is 0 Å². The summed E-state index contributed by atoms with van der Waals surface area (Å²) in [6.45, 7) is 2.17. The molecule has 0 bridgehead atoms. The molecule has 1 aromatic carbocycles. The zero-order chi connectivity index (χ0) is 17.6. The Morgan fingerprint density at radius 3 is 2.54 bits per heavy atom. The predicted molar refractivity (Wildman–Crippen MR) is 91.2 cm³/mol. The van der Waals surface area contributed by atoms with Gasteiger partial charge in [-0.1, -0.05) is 30.3 Å². The van der Waals surface area contributed by atoms with Crippen molar-refractivity contribution in [2.24, 2.45) is 4.99 Å². The van der Waals surface area contributed by atoms with Gasteiger partial charge >= 0.3 is 6.18 Å². The average Bonchev–Trinajstić information content (AvgIpc) is 2.91. The molecule has 4 nitrogen and oxygen atoms in total. The van der Waals surface area contributed by atoms with Crippen LogP contribution in [0.25, 0.3) is 10.6 Å². The summed E-state index contributed by atoms with van der Waals surface area (Å²) in [6.07, 6.45) is -5.07. The fourth-order valence-electron chi connectivity index (χ4n) is 2.00. The second-order valence-electron chi connectivity index (χ2n) is 5.11. The molecule has 0 spiro atoms. The smallest absolute Gasteiger partial charge is 0.356 e. The van der Waals surface area contributed by atoms with E-state index < -0.39 is 12.6 Å². The third-order valence-corrected chi connectivity index (χ3v) is 4.46. The maximum absolute atomic E-state index is 12.2. The number of nitrogens with one attached hydrogen (secondary N) is 2. The van der Waals surface area contributed by atoms with E-state index in [4.69, 9.17) is 0 Å². The zero-order valence-corrected chi connectivity index (χ0v) is 14.3. The molecule has 2 aromatic rings. The van der Waals surface area contributed by atoms with Crippen molar-refractivity contribution in [3.05, 3.63) is 40.9 Å². The standard InChI is InChI=1S/C16H19F3N4S/c1-11-13(24-14(23-11)12-6-4-3-5-7-12)10-22-15(20-2)21-9-8-16(17,18)19/h3-7H,8-10H2,1-2H3,(H2,20,21,22). The lowest BCUT2D eigenvalue weighted by Gasteiger charge is -2.12. The average molecular weight is 356 g/mol. The molecule has 0 radical (unpaired) electrons. The second-order valence-corrected chi connectivity index (χ2v) is 6.19. The minimum absolute atomic E-state index is 0.208. The van der Waals surface area contributed by atoms with Crippen molar-refractivity contribution >= 4 is 17.3 Å². The van der Waals surface area contributed by atoms with Crippen LogP contribution in [0.3, 0.4) is 0 Å². The van der Waals surface area contributed by atoms with Crippen molar-refractivity contribution in [1.29, 1.82) is 0 Å². The highest BCUT2D eigenvalue weighted by molar-refractivity contribution is 7.15. The normalized spacial score (nSPS) is 12.3. The molecule has 1 aromatic heterocycles. The molecule has 0 atom stereocenters. The zero-order valence-electron chi connectivity index (χ0n) is 13.4. The van der Waals surface area contributed by atoms with Gasteiger partial charge in [0.25, 0.3) is 0 Å². The van der Waals surface area contributed by atoms with E-state index in [0.29, 0.717) is 12.5 Å². The number of hydrogen-bond donors (Lipinski definition) is 2. The Kier molecular flexibility index (Phi) is 6.19. The van der Waals surface area contributed by atoms with E-state index in [0.717, 1.165) is 21.1 Å². The summed E-state index contributed by atoms with van der Waals surface area (Å²) in [7, 11) is 1.53. The first-order valence-electron chi connectivity index (χ1n) is 7.42. The quantitative estimate of drug-likeness (QED) is 0.634. The van der Waals surface area contributed by atoms with E-state index in [1.807, 2.05) is 37.3 Å². The van der Waals surface area contributed by atoms with E-state index >= 15 is 0 Å². The monoisotopic (exact) mass is 356 g/mol. The summed E-state index contributed by atoms with van der Waals surface area (Å²) >= 11 is 1.56. The number of rotatable bonds is 5. The molecule has 0 saturated heterocycles. The van der Waals surface area contributed by atoms with Crippen molar-refractivity contribution in [1.82, 2.24) is 15.6 Å². The van der Waals surface area contributed by atoms with Crippen LogP contribution in [0.1, 0.15) is 17.0 Å². The molecule has 0 saturated carbocycles. The summed E-state index contributed by atoms with van der Waals surface area (Å²) in [5.41, 5.74) is 1.95. The molecule has 2 N–H and O–H groups in total. The van der Waals surface area contributed by atoms with Crippen molar-refractivity contribution < 1.29 is 13.2 Å². The van der Waals surface area contributed by atoms with Crippen LogP contribution in [0, 0.1) is 6.92 Å². The molecular weight excluding hydrogens is 337 g/mol. The first-order chi connectivity index (χ1) is 11.4. The number of halogens is 3. The third kappa shape index (κ3) is 5.52. The fourth-order valence-corrected chi connectivity index (χ4v) is 3.01. The molecular formula is C16H19F3N4S. The molecule has 0 unspecified atom stereocenters. The Labute approximate surface area is 142 Å². The van der Waals surface area contributed by atoms with E-state index in [9.17, 15) is 13.2 Å². The molecule has 24 heavy (non-hydrogen) atoms. The molecule has 8 heteroatoms. The molecule has 2 rings (SSSR count). The first-order valence-corrected chi connectivity index (χ1v) is 8.23. The van der Waals surface area contributed by atoms with Crippen LogP contribution < -0.4 is 10.6 Å². The number of guanidine groups is 1. The van der Waals surface area contributed by atoms with Gasteiger partial charge in [-0.25, -0.2) is 4.98 Å². The summed E-state index contributed by atoms with van der Waals surface area (Å²) in [5.74, 6) is 0.341. The van der Waals surface area contributed by atoms with E-state index in [1.54, 1.807) is 11.3 Å². The van der Waals surface area contributed by atoms with E-state index in [1.165, 1.54) is 7.05 Å². The van der Waals surface area contributed by atoms with Gasteiger partial charge in [-0.15, -0.1) is 11.3 Å². The molecule has 130 valence electrons. The minimum Gasteiger partial charge on any atom is -0.356 e. The van der Waals surface area contributed by atoms with Crippen molar-refractivity contribution in [2.45, 2.75) is 26.1 Å². The summed E-state index contributed by atoms with van der Waals surface area (Å²) in [4.78, 5) is 9.50. The topological polar surface area (TPSA) is 49.3 Å². The van der Waals surface area contributed by atoms with Crippen LogP contribution in [-0.4, -0.2) is 30.7 Å². The van der Waals surface area contributed by atoms with Crippen LogP contribution in [0.4, 0.5) is 13.2 Å². The van der Waals surface area contributed by atoms with Gasteiger partial charge < -0.3 is 10.6 Å². The van der Waals surface area contributed by atoms with Crippen LogP contribution in [0.5, 0.6) is 0 Å². The van der Waals surface area contributed by atoms with Gasteiger partial charge in [0.15, 0.2) is 5.96 Å². The van der Waals surface area contributed by atoms with E-state index in [-0.39, 0.29) is 6.54 Å². The predicted octanol–water partition coefficient (Wildman–Crippen LogP) is 3.74. The highest BCUT2D eigenvalue weighted by atomic mass is 32.1. The van der Waals surface area contributed by atoms with Gasteiger partial charge in [-0.2, -0.15) is 13.2 Å².